The number of hydrogen-bond acceptors (Lipinski definition) is 1. The Hall–Kier alpha value is -1.47. The number of benzene rings is 1. The van der Waals surface area contributed by atoms with Gasteiger partial charge in [-0.25, -0.2) is 0 Å². The van der Waals surface area contributed by atoms with Crippen LogP contribution in [0.15, 0.2) is 24.3 Å². The summed E-state index contributed by atoms with van der Waals surface area (Å²) in [5, 5.41) is 9.84. The molecule has 0 amide bonds. The van der Waals surface area contributed by atoms with Crippen LogP contribution in [0.5, 0.6) is 0 Å². The van der Waals surface area contributed by atoms with Gasteiger partial charge in [0.05, 0.1) is 0 Å². The van der Waals surface area contributed by atoms with Gasteiger partial charge in [-0.05, 0) is 13.3 Å². The Morgan fingerprint density at radius 3 is 2.17 bits per heavy atom. The lowest BCUT2D eigenvalue weighted by atomic mass is 9.93. The quantitative estimate of drug-likeness (QED) is 0.802. The van der Waals surface area contributed by atoms with E-state index in [-0.39, 0.29) is 5.56 Å². The third-order valence-electron chi connectivity index (χ3n) is 2.52. The lowest BCUT2D eigenvalue weighted by Gasteiger charge is -2.25. The molecule has 1 aromatic rings. The molecule has 98 valence electrons. The van der Waals surface area contributed by atoms with E-state index in [1.807, 2.05) is 12.8 Å². The number of aliphatic hydroxyl groups is 1. The summed E-state index contributed by atoms with van der Waals surface area (Å²) in [7, 11) is 0. The second-order valence-corrected chi connectivity index (χ2v) is 4.13. The van der Waals surface area contributed by atoms with Crippen molar-refractivity contribution in [2.75, 3.05) is 0 Å². The van der Waals surface area contributed by atoms with Crippen molar-refractivity contribution in [2.24, 2.45) is 0 Å². The minimum Gasteiger partial charge on any atom is -0.366 e. The smallest absolute Gasteiger partial charge is 0.366 e. The van der Waals surface area contributed by atoms with Gasteiger partial charge in [-0.2, -0.15) is 13.2 Å². The van der Waals surface area contributed by atoms with Gasteiger partial charge in [0.25, 0.3) is 0 Å². The van der Waals surface area contributed by atoms with Crippen molar-refractivity contribution >= 4 is 0 Å². The maximum Gasteiger partial charge on any atom is 0.433 e. The van der Waals surface area contributed by atoms with E-state index < -0.39 is 11.8 Å². The van der Waals surface area contributed by atoms with Crippen molar-refractivity contribution in [1.29, 1.82) is 0 Å². The van der Waals surface area contributed by atoms with Gasteiger partial charge in [0, 0.05) is 12.0 Å². The summed E-state index contributed by atoms with van der Waals surface area (Å²) in [6.07, 6.45) is -3.85. The van der Waals surface area contributed by atoms with Gasteiger partial charge in [-0.1, -0.05) is 48.6 Å². The minimum atomic E-state index is -4.82. The molecule has 0 radical (unpaired) electrons. The highest BCUT2D eigenvalue weighted by Crippen LogP contribution is 2.38. The number of alkyl halides is 3. The van der Waals surface area contributed by atoms with E-state index in [9.17, 15) is 18.3 Å². The molecule has 1 nitrogen and oxygen atoms in total. The number of aryl methyl sites for hydroxylation is 1. The number of halogens is 3. The largest absolute Gasteiger partial charge is 0.433 e. The Balaban J connectivity index is 3.22. The Kier molecular flexibility index (Phi) is 4.42. The van der Waals surface area contributed by atoms with Crippen molar-refractivity contribution in [3.05, 3.63) is 35.4 Å². The summed E-state index contributed by atoms with van der Waals surface area (Å²) in [5.74, 6) is 4.33. The molecule has 0 saturated heterocycles. The molecule has 0 spiro atoms. The third kappa shape index (κ3) is 3.05. The normalized spacial score (nSPS) is 14.6. The first-order valence-electron chi connectivity index (χ1n) is 5.67. The van der Waals surface area contributed by atoms with Crippen molar-refractivity contribution < 1.29 is 18.3 Å². The van der Waals surface area contributed by atoms with E-state index in [0.29, 0.717) is 12.8 Å². The molecule has 0 bridgehead atoms. The number of unbranched alkanes of at least 4 members (excludes halogenated alkanes) is 1. The molecule has 1 rings (SSSR count). The molecular formula is C14H15F3O. The maximum absolute atomic E-state index is 13.0. The third-order valence-corrected chi connectivity index (χ3v) is 2.52. The zero-order chi connectivity index (χ0) is 13.8. The van der Waals surface area contributed by atoms with Crippen molar-refractivity contribution in [2.45, 2.75) is 38.5 Å². The van der Waals surface area contributed by atoms with Crippen LogP contribution in [0.4, 0.5) is 13.2 Å². The molecular weight excluding hydrogens is 241 g/mol. The van der Waals surface area contributed by atoms with E-state index in [0.717, 1.165) is 5.56 Å². The first kappa shape index (κ1) is 14.6. The van der Waals surface area contributed by atoms with Gasteiger partial charge < -0.3 is 5.11 Å². The molecule has 0 aliphatic heterocycles. The Morgan fingerprint density at radius 1 is 1.17 bits per heavy atom. The van der Waals surface area contributed by atoms with E-state index in [1.54, 1.807) is 6.92 Å². The van der Waals surface area contributed by atoms with Crippen LogP contribution in [-0.2, 0) is 5.60 Å². The molecule has 4 heteroatoms. The van der Waals surface area contributed by atoms with Gasteiger partial charge in [0.15, 0.2) is 0 Å². The van der Waals surface area contributed by atoms with Gasteiger partial charge >= 0.3 is 6.18 Å². The van der Waals surface area contributed by atoms with E-state index >= 15 is 0 Å². The molecule has 0 aromatic heterocycles. The fourth-order valence-corrected chi connectivity index (χ4v) is 1.42. The molecule has 18 heavy (non-hydrogen) atoms. The summed E-state index contributed by atoms with van der Waals surface area (Å²) in [4.78, 5) is 0. The summed E-state index contributed by atoms with van der Waals surface area (Å²) < 4.78 is 38.9. The maximum atomic E-state index is 13.0. The second-order valence-electron chi connectivity index (χ2n) is 4.13. The van der Waals surface area contributed by atoms with Crippen LogP contribution in [0.2, 0.25) is 0 Å². The predicted octanol–water partition coefficient (Wildman–Crippen LogP) is 3.55. The van der Waals surface area contributed by atoms with Gasteiger partial charge in [-0.15, -0.1) is 0 Å². The minimum absolute atomic E-state index is 0.246. The molecule has 0 saturated carbocycles. The summed E-state index contributed by atoms with van der Waals surface area (Å²) in [6.45, 7) is 3.58. The molecule has 0 aliphatic rings. The molecule has 0 heterocycles. The van der Waals surface area contributed by atoms with Crippen LogP contribution in [0.3, 0.4) is 0 Å². The summed E-state index contributed by atoms with van der Waals surface area (Å²) in [5.41, 5.74) is -2.51. The van der Waals surface area contributed by atoms with Gasteiger partial charge in [-0.3, -0.25) is 0 Å². The van der Waals surface area contributed by atoms with Crippen molar-refractivity contribution in [3.8, 4) is 11.8 Å². The highest BCUT2D eigenvalue weighted by atomic mass is 19.4. The predicted molar refractivity (Wildman–Crippen MR) is 63.8 cm³/mol. The monoisotopic (exact) mass is 256 g/mol. The van der Waals surface area contributed by atoms with E-state index in [2.05, 4.69) is 5.92 Å². The molecule has 0 fully saturated rings. The van der Waals surface area contributed by atoms with Crippen LogP contribution in [0.1, 0.15) is 30.9 Å². The number of rotatable bonds is 2. The standard InChI is InChI=1S/C14H15F3O/c1-3-4-5-10-13(18,14(15,16)17)12-8-6-11(2)7-9-12/h6-9,18H,3-4H2,1-2H3/t13-/m1/s1. The molecule has 1 N–H and O–H groups in total. The van der Waals surface area contributed by atoms with Gasteiger partial charge in [0.2, 0.25) is 5.60 Å². The van der Waals surface area contributed by atoms with Crippen LogP contribution in [0.25, 0.3) is 0 Å². The molecule has 0 aliphatic carbocycles. The molecule has 1 aromatic carbocycles. The lowest BCUT2D eigenvalue weighted by molar-refractivity contribution is -0.240. The molecule has 0 unspecified atom stereocenters. The fourth-order valence-electron chi connectivity index (χ4n) is 1.42. The molecule has 1 atom stereocenters. The average Bonchev–Trinajstić information content (AvgIpc) is 2.28. The van der Waals surface area contributed by atoms with Crippen LogP contribution in [-0.4, -0.2) is 11.3 Å². The fraction of sp³-hybridized carbons (Fsp3) is 0.429. The van der Waals surface area contributed by atoms with Crippen molar-refractivity contribution in [3.63, 3.8) is 0 Å². The van der Waals surface area contributed by atoms with Crippen molar-refractivity contribution in [1.82, 2.24) is 0 Å². The van der Waals surface area contributed by atoms with Crippen LogP contribution < -0.4 is 0 Å². The Bertz CT molecular complexity index is 451. The average molecular weight is 256 g/mol. The van der Waals surface area contributed by atoms with Crippen LogP contribution >= 0.6 is 0 Å². The summed E-state index contributed by atoms with van der Waals surface area (Å²) >= 11 is 0. The summed E-state index contributed by atoms with van der Waals surface area (Å²) in [6, 6.07) is 5.55. The lowest BCUT2D eigenvalue weighted by Crippen LogP contribution is -2.41. The van der Waals surface area contributed by atoms with E-state index in [4.69, 9.17) is 0 Å². The van der Waals surface area contributed by atoms with Gasteiger partial charge in [0.1, 0.15) is 0 Å². The second kappa shape index (κ2) is 5.45. The topological polar surface area (TPSA) is 20.2 Å². The zero-order valence-corrected chi connectivity index (χ0v) is 10.3. The van der Waals surface area contributed by atoms with Crippen LogP contribution in [0, 0.1) is 18.8 Å². The van der Waals surface area contributed by atoms with E-state index in [1.165, 1.54) is 24.3 Å². The highest BCUT2D eigenvalue weighted by molar-refractivity contribution is 5.35. The first-order valence-corrected chi connectivity index (χ1v) is 5.67. The SMILES string of the molecule is CCCC#C[C@@](O)(c1ccc(C)cc1)C(F)(F)F. The highest BCUT2D eigenvalue weighted by Gasteiger charge is 2.54. The number of hydrogen-bond donors (Lipinski definition) is 1. The Labute approximate surface area is 105 Å². The zero-order valence-electron chi connectivity index (χ0n) is 10.3. The Morgan fingerprint density at radius 2 is 1.72 bits per heavy atom. The first-order chi connectivity index (χ1) is 8.31.